The molecule has 1 saturated carbocycles. The van der Waals surface area contributed by atoms with E-state index in [0.717, 1.165) is 11.9 Å². The number of hydrogen-bond acceptors (Lipinski definition) is 3. The van der Waals surface area contributed by atoms with Gasteiger partial charge in [-0.1, -0.05) is 26.2 Å². The van der Waals surface area contributed by atoms with Crippen LogP contribution in [0, 0.1) is 5.92 Å². The number of guanidine groups is 1. The van der Waals surface area contributed by atoms with E-state index in [1.165, 1.54) is 37.0 Å². The van der Waals surface area contributed by atoms with E-state index in [9.17, 15) is 9.59 Å². The summed E-state index contributed by atoms with van der Waals surface area (Å²) in [4.78, 5) is 28.4. The van der Waals surface area contributed by atoms with Crippen LogP contribution in [0.5, 0.6) is 0 Å². The second kappa shape index (κ2) is 8.00. The Kier molecular flexibility index (Phi) is 6.03. The maximum Gasteiger partial charge on any atom is 0.324 e. The summed E-state index contributed by atoms with van der Waals surface area (Å²) in [5.74, 6) is 1.37. The quantitative estimate of drug-likeness (QED) is 0.396. The van der Waals surface area contributed by atoms with Crippen molar-refractivity contribution in [1.82, 2.24) is 20.9 Å². The van der Waals surface area contributed by atoms with Crippen LogP contribution in [0.15, 0.2) is 4.99 Å². The first-order valence-corrected chi connectivity index (χ1v) is 8.19. The Morgan fingerprint density at radius 1 is 1.41 bits per heavy atom. The molecular formula is C15H27N5O2. The fourth-order valence-electron chi connectivity index (χ4n) is 3.15. The number of carbonyl (C=O) groups excluding carboxylic acids is 2. The van der Waals surface area contributed by atoms with Crippen LogP contribution in [-0.4, -0.2) is 55.5 Å². The number of nitrogens with zero attached hydrogens (tertiary/aromatic N) is 2. The van der Waals surface area contributed by atoms with Crippen LogP contribution in [0.3, 0.4) is 0 Å². The molecule has 0 spiro atoms. The highest BCUT2D eigenvalue weighted by Crippen LogP contribution is 2.26. The third-order valence-corrected chi connectivity index (χ3v) is 4.49. The third-order valence-electron chi connectivity index (χ3n) is 4.49. The molecule has 1 aliphatic carbocycles. The average Bonchev–Trinajstić information content (AvgIpc) is 2.85. The second-order valence-corrected chi connectivity index (χ2v) is 5.99. The van der Waals surface area contributed by atoms with Crippen LogP contribution in [0.2, 0.25) is 0 Å². The smallest absolute Gasteiger partial charge is 0.324 e. The highest BCUT2D eigenvalue weighted by Gasteiger charge is 2.27. The van der Waals surface area contributed by atoms with Gasteiger partial charge in [-0.15, -0.1) is 0 Å². The van der Waals surface area contributed by atoms with Gasteiger partial charge < -0.3 is 16.0 Å². The number of urea groups is 1. The summed E-state index contributed by atoms with van der Waals surface area (Å²) in [7, 11) is 1.74. The lowest BCUT2D eigenvalue weighted by atomic mass is 9.84. The molecule has 0 radical (unpaired) electrons. The largest absolute Gasteiger partial charge is 0.355 e. The Hall–Kier alpha value is -1.79. The van der Waals surface area contributed by atoms with Crippen LogP contribution in [0.4, 0.5) is 4.79 Å². The number of hydrogen-bond donors (Lipinski definition) is 3. The lowest BCUT2D eigenvalue weighted by Crippen LogP contribution is -2.47. The van der Waals surface area contributed by atoms with Gasteiger partial charge in [-0.25, -0.2) is 4.79 Å². The summed E-state index contributed by atoms with van der Waals surface area (Å²) in [5.41, 5.74) is 0. The first kappa shape index (κ1) is 16.6. The molecule has 1 aliphatic heterocycles. The zero-order chi connectivity index (χ0) is 15.9. The molecule has 7 heteroatoms. The number of rotatable bonds is 5. The molecule has 1 saturated heterocycles. The monoisotopic (exact) mass is 309 g/mol. The molecule has 2 atom stereocenters. The minimum Gasteiger partial charge on any atom is -0.355 e. The van der Waals surface area contributed by atoms with Gasteiger partial charge in [-0.05, 0) is 18.8 Å². The fourth-order valence-corrected chi connectivity index (χ4v) is 3.15. The van der Waals surface area contributed by atoms with E-state index in [-0.39, 0.29) is 18.5 Å². The van der Waals surface area contributed by atoms with Gasteiger partial charge in [0.2, 0.25) is 5.91 Å². The first-order valence-electron chi connectivity index (χ1n) is 8.19. The Bertz CT molecular complexity index is 422. The van der Waals surface area contributed by atoms with Gasteiger partial charge in [0.1, 0.15) is 0 Å². The zero-order valence-corrected chi connectivity index (χ0v) is 13.5. The average molecular weight is 309 g/mol. The van der Waals surface area contributed by atoms with Gasteiger partial charge in [0, 0.05) is 26.2 Å². The van der Waals surface area contributed by atoms with E-state index in [4.69, 9.17) is 0 Å². The third kappa shape index (κ3) is 4.35. The van der Waals surface area contributed by atoms with Crippen molar-refractivity contribution in [3.05, 3.63) is 0 Å². The molecule has 3 N–H and O–H groups in total. The highest BCUT2D eigenvalue weighted by molar-refractivity contribution is 6.01. The summed E-state index contributed by atoms with van der Waals surface area (Å²) in [5, 5.41) is 9.15. The number of nitrogens with one attached hydrogen (secondary N) is 3. The van der Waals surface area contributed by atoms with Crippen LogP contribution in [0.25, 0.3) is 0 Å². The molecule has 2 aliphatic rings. The van der Waals surface area contributed by atoms with E-state index in [1.807, 2.05) is 0 Å². The predicted octanol–water partition coefficient (Wildman–Crippen LogP) is 0.672. The zero-order valence-electron chi connectivity index (χ0n) is 13.5. The van der Waals surface area contributed by atoms with Crippen LogP contribution in [-0.2, 0) is 4.79 Å². The predicted molar refractivity (Wildman–Crippen MR) is 85.6 cm³/mol. The molecular weight excluding hydrogens is 282 g/mol. The SMILES string of the molecule is CCC1CCCC(NC(=NC)NCCN2C(=O)CNC2=O)C1. The topological polar surface area (TPSA) is 85.8 Å². The van der Waals surface area contributed by atoms with Gasteiger partial charge in [0.05, 0.1) is 6.54 Å². The van der Waals surface area contributed by atoms with E-state index in [1.54, 1.807) is 7.05 Å². The highest BCUT2D eigenvalue weighted by atomic mass is 16.2. The van der Waals surface area contributed by atoms with Crippen molar-refractivity contribution in [2.24, 2.45) is 10.9 Å². The molecule has 2 rings (SSSR count). The fraction of sp³-hybridized carbons (Fsp3) is 0.800. The van der Waals surface area contributed by atoms with E-state index >= 15 is 0 Å². The Morgan fingerprint density at radius 3 is 2.86 bits per heavy atom. The van der Waals surface area contributed by atoms with Gasteiger partial charge >= 0.3 is 6.03 Å². The molecule has 22 heavy (non-hydrogen) atoms. The lowest BCUT2D eigenvalue weighted by molar-refractivity contribution is -0.124. The molecule has 3 amide bonds. The van der Waals surface area contributed by atoms with Crippen LogP contribution >= 0.6 is 0 Å². The van der Waals surface area contributed by atoms with Crippen molar-refractivity contribution in [3.63, 3.8) is 0 Å². The Balaban J connectivity index is 1.73. The summed E-state index contributed by atoms with van der Waals surface area (Å²) in [6, 6.07) is 0.148. The van der Waals surface area contributed by atoms with Gasteiger partial charge in [-0.3, -0.25) is 14.7 Å². The first-order chi connectivity index (χ1) is 10.6. The summed E-state index contributed by atoms with van der Waals surface area (Å²) in [6.45, 7) is 3.21. The van der Waals surface area contributed by atoms with Crippen molar-refractivity contribution >= 4 is 17.9 Å². The summed E-state index contributed by atoms with van der Waals surface area (Å²) < 4.78 is 0. The number of aliphatic imine (C=N–C) groups is 1. The van der Waals surface area contributed by atoms with Crippen molar-refractivity contribution in [2.75, 3.05) is 26.7 Å². The molecule has 124 valence electrons. The van der Waals surface area contributed by atoms with E-state index in [0.29, 0.717) is 19.1 Å². The molecule has 2 fully saturated rings. The van der Waals surface area contributed by atoms with Crippen LogP contribution < -0.4 is 16.0 Å². The van der Waals surface area contributed by atoms with Gasteiger partial charge in [0.25, 0.3) is 0 Å². The summed E-state index contributed by atoms with van der Waals surface area (Å²) >= 11 is 0. The van der Waals surface area contributed by atoms with Crippen molar-refractivity contribution < 1.29 is 9.59 Å². The van der Waals surface area contributed by atoms with Crippen molar-refractivity contribution in [2.45, 2.75) is 45.1 Å². The molecule has 7 nitrogen and oxygen atoms in total. The number of imide groups is 1. The van der Waals surface area contributed by atoms with Crippen molar-refractivity contribution in [1.29, 1.82) is 0 Å². The molecule has 1 heterocycles. The molecule has 0 aromatic heterocycles. The molecule has 2 unspecified atom stereocenters. The minimum absolute atomic E-state index is 0.103. The maximum atomic E-state index is 11.5. The lowest BCUT2D eigenvalue weighted by Gasteiger charge is -2.30. The van der Waals surface area contributed by atoms with Gasteiger partial charge in [-0.2, -0.15) is 0 Å². The molecule has 0 bridgehead atoms. The second-order valence-electron chi connectivity index (χ2n) is 5.99. The molecule has 0 aromatic carbocycles. The standard InChI is InChI=1S/C15H27N5O2/c1-3-11-5-4-6-12(9-11)19-14(16-2)17-7-8-20-13(21)10-18-15(20)22/h11-12H,3-10H2,1-2H3,(H,18,22)(H2,16,17,19). The van der Waals surface area contributed by atoms with Crippen LogP contribution in [0.1, 0.15) is 39.0 Å². The Morgan fingerprint density at radius 2 is 2.23 bits per heavy atom. The normalized spacial score (nSPS) is 26.1. The maximum absolute atomic E-state index is 11.5. The minimum atomic E-state index is -0.312. The molecule has 0 aromatic rings. The number of amides is 3. The summed E-state index contributed by atoms with van der Waals surface area (Å²) in [6.07, 6.45) is 6.17. The van der Waals surface area contributed by atoms with E-state index in [2.05, 4.69) is 27.9 Å². The van der Waals surface area contributed by atoms with Crippen molar-refractivity contribution in [3.8, 4) is 0 Å². The Labute approximate surface area is 131 Å². The van der Waals surface area contributed by atoms with E-state index < -0.39 is 0 Å². The van der Waals surface area contributed by atoms with Gasteiger partial charge in [0.15, 0.2) is 5.96 Å². The number of carbonyl (C=O) groups is 2.